The van der Waals surface area contributed by atoms with Gasteiger partial charge in [0.05, 0.1) is 5.01 Å². The maximum Gasteiger partial charge on any atom is 0.0937 e. The molecule has 1 aliphatic heterocycles. The zero-order valence-corrected chi connectivity index (χ0v) is 14.3. The first kappa shape index (κ1) is 15.4. The molecule has 1 atom stereocenters. The second kappa shape index (κ2) is 6.76. The van der Waals surface area contributed by atoms with E-state index in [-0.39, 0.29) is 0 Å². The van der Waals surface area contributed by atoms with E-state index in [1.807, 2.05) is 6.20 Å². The van der Waals surface area contributed by atoms with Gasteiger partial charge in [0.25, 0.3) is 0 Å². The summed E-state index contributed by atoms with van der Waals surface area (Å²) in [7, 11) is 0. The summed E-state index contributed by atoms with van der Waals surface area (Å²) < 4.78 is 0. The van der Waals surface area contributed by atoms with Gasteiger partial charge in [-0.15, -0.1) is 11.3 Å². The van der Waals surface area contributed by atoms with Crippen molar-refractivity contribution in [3.8, 4) is 0 Å². The molecule has 21 heavy (non-hydrogen) atoms. The van der Waals surface area contributed by atoms with Crippen LogP contribution in [0.5, 0.6) is 0 Å². The Morgan fingerprint density at radius 3 is 2.86 bits per heavy atom. The molecule has 0 bridgehead atoms. The van der Waals surface area contributed by atoms with Crippen molar-refractivity contribution in [2.45, 2.75) is 64.0 Å². The molecule has 3 rings (SSSR count). The highest BCUT2D eigenvalue weighted by Gasteiger charge is 2.40. The third-order valence-corrected chi connectivity index (χ3v) is 6.18. The van der Waals surface area contributed by atoms with Crippen LogP contribution in [-0.4, -0.2) is 41.1 Å². The summed E-state index contributed by atoms with van der Waals surface area (Å²) in [6.07, 6.45) is 10.0. The van der Waals surface area contributed by atoms with Crippen molar-refractivity contribution in [1.82, 2.24) is 15.2 Å². The summed E-state index contributed by atoms with van der Waals surface area (Å²) in [5.41, 5.74) is 0.409. The molecule has 2 fully saturated rings. The lowest BCUT2D eigenvalue weighted by molar-refractivity contribution is 0.0374. The molecule has 0 aromatic carbocycles. The van der Waals surface area contributed by atoms with Crippen molar-refractivity contribution in [2.75, 3.05) is 19.6 Å². The van der Waals surface area contributed by atoms with Crippen LogP contribution in [0, 0.1) is 5.92 Å². The number of thiazole rings is 1. The number of nitrogens with zero attached hydrogens (tertiary/aromatic N) is 2. The second-order valence-corrected chi connectivity index (χ2v) is 8.16. The standard InChI is InChI=1S/C17H29N3S/c1-14(2)15-12-19-17(7-4-3-5-8-17)13-20(15)10-6-16-18-9-11-21-16/h9,11,14-15,19H,3-8,10,12-13H2,1-2H3. The van der Waals surface area contributed by atoms with Gasteiger partial charge in [-0.3, -0.25) is 4.90 Å². The SMILES string of the molecule is CC(C)C1CNC2(CCCCC2)CN1CCc1nccs1. The molecule has 2 aliphatic rings. The van der Waals surface area contributed by atoms with Crippen molar-refractivity contribution in [2.24, 2.45) is 5.92 Å². The first-order valence-electron chi connectivity index (χ1n) is 8.56. The molecule has 0 amide bonds. The van der Waals surface area contributed by atoms with Crippen LogP contribution >= 0.6 is 11.3 Å². The Morgan fingerprint density at radius 1 is 1.38 bits per heavy atom. The van der Waals surface area contributed by atoms with E-state index in [2.05, 4.69) is 34.4 Å². The summed E-state index contributed by atoms with van der Waals surface area (Å²) in [5.74, 6) is 0.717. The van der Waals surface area contributed by atoms with Crippen LogP contribution in [0.15, 0.2) is 11.6 Å². The molecule has 1 aliphatic carbocycles. The summed E-state index contributed by atoms with van der Waals surface area (Å²) in [4.78, 5) is 7.21. The number of piperazine rings is 1. The van der Waals surface area contributed by atoms with Crippen LogP contribution in [0.2, 0.25) is 0 Å². The van der Waals surface area contributed by atoms with E-state index in [1.54, 1.807) is 11.3 Å². The molecular formula is C17H29N3S. The second-order valence-electron chi connectivity index (χ2n) is 7.18. The van der Waals surface area contributed by atoms with E-state index < -0.39 is 0 Å². The van der Waals surface area contributed by atoms with Gasteiger partial charge in [-0.25, -0.2) is 4.98 Å². The predicted octanol–water partition coefficient (Wildman–Crippen LogP) is 3.32. The van der Waals surface area contributed by atoms with Crippen molar-refractivity contribution in [1.29, 1.82) is 0 Å². The fourth-order valence-corrected chi connectivity index (χ4v) is 4.70. The van der Waals surface area contributed by atoms with Gasteiger partial charge in [-0.05, 0) is 18.8 Å². The lowest BCUT2D eigenvalue weighted by atomic mass is 9.78. The molecule has 1 saturated carbocycles. The van der Waals surface area contributed by atoms with Crippen molar-refractivity contribution >= 4 is 11.3 Å². The molecule has 118 valence electrons. The Labute approximate surface area is 133 Å². The minimum atomic E-state index is 0.409. The average Bonchev–Trinajstić information content (AvgIpc) is 2.99. The normalized spacial score (nSPS) is 26.5. The van der Waals surface area contributed by atoms with Crippen LogP contribution in [0.25, 0.3) is 0 Å². The lowest BCUT2D eigenvalue weighted by Gasteiger charge is -2.51. The number of aromatic nitrogens is 1. The van der Waals surface area contributed by atoms with Crippen molar-refractivity contribution < 1.29 is 0 Å². The summed E-state index contributed by atoms with van der Waals surface area (Å²) in [6.45, 7) is 8.29. The first-order chi connectivity index (χ1) is 10.2. The summed E-state index contributed by atoms with van der Waals surface area (Å²) in [6, 6.07) is 0.678. The fourth-order valence-electron chi connectivity index (χ4n) is 4.09. The first-order valence-corrected chi connectivity index (χ1v) is 9.44. The maximum atomic E-state index is 4.45. The minimum absolute atomic E-state index is 0.409. The van der Waals surface area contributed by atoms with Gasteiger partial charge in [-0.1, -0.05) is 33.1 Å². The lowest BCUT2D eigenvalue weighted by Crippen LogP contribution is -2.66. The smallest absolute Gasteiger partial charge is 0.0937 e. The minimum Gasteiger partial charge on any atom is -0.308 e. The molecule has 1 spiro atoms. The molecule has 1 N–H and O–H groups in total. The van der Waals surface area contributed by atoms with E-state index in [0.29, 0.717) is 11.6 Å². The molecule has 1 saturated heterocycles. The van der Waals surface area contributed by atoms with Gasteiger partial charge in [0.2, 0.25) is 0 Å². The molecule has 0 radical (unpaired) electrons. The van der Waals surface area contributed by atoms with Crippen LogP contribution < -0.4 is 5.32 Å². The Balaban J connectivity index is 1.65. The molecule has 2 heterocycles. The Bertz CT molecular complexity index is 423. The van der Waals surface area contributed by atoms with Crippen LogP contribution in [0.3, 0.4) is 0 Å². The van der Waals surface area contributed by atoms with Crippen molar-refractivity contribution in [3.63, 3.8) is 0 Å². The fraction of sp³-hybridized carbons (Fsp3) is 0.824. The van der Waals surface area contributed by atoms with Crippen LogP contribution in [0.1, 0.15) is 51.0 Å². The largest absolute Gasteiger partial charge is 0.308 e. The quantitative estimate of drug-likeness (QED) is 0.925. The van der Waals surface area contributed by atoms with E-state index in [1.165, 1.54) is 50.2 Å². The molecule has 1 aromatic heterocycles. The van der Waals surface area contributed by atoms with Gasteiger partial charge in [0.15, 0.2) is 0 Å². The van der Waals surface area contributed by atoms with Crippen molar-refractivity contribution in [3.05, 3.63) is 16.6 Å². The highest BCUT2D eigenvalue weighted by atomic mass is 32.1. The van der Waals surface area contributed by atoms with Crippen LogP contribution in [0.4, 0.5) is 0 Å². The van der Waals surface area contributed by atoms with Gasteiger partial charge in [-0.2, -0.15) is 0 Å². The summed E-state index contributed by atoms with van der Waals surface area (Å²) in [5, 5.41) is 7.31. The molecular weight excluding hydrogens is 278 g/mol. The van der Waals surface area contributed by atoms with Gasteiger partial charge >= 0.3 is 0 Å². The number of rotatable bonds is 4. The number of hydrogen-bond acceptors (Lipinski definition) is 4. The number of nitrogens with one attached hydrogen (secondary N) is 1. The van der Waals surface area contributed by atoms with Gasteiger partial charge < -0.3 is 5.32 Å². The third-order valence-electron chi connectivity index (χ3n) is 5.34. The monoisotopic (exact) mass is 307 g/mol. The zero-order valence-electron chi connectivity index (χ0n) is 13.5. The maximum absolute atomic E-state index is 4.45. The molecule has 4 heteroatoms. The molecule has 3 nitrogen and oxygen atoms in total. The Morgan fingerprint density at radius 2 is 2.19 bits per heavy atom. The Kier molecular flexibility index (Phi) is 4.97. The van der Waals surface area contributed by atoms with E-state index in [9.17, 15) is 0 Å². The van der Waals surface area contributed by atoms with E-state index in [0.717, 1.165) is 18.9 Å². The van der Waals surface area contributed by atoms with Gasteiger partial charge in [0.1, 0.15) is 0 Å². The average molecular weight is 308 g/mol. The van der Waals surface area contributed by atoms with Crippen LogP contribution in [-0.2, 0) is 6.42 Å². The van der Waals surface area contributed by atoms with E-state index >= 15 is 0 Å². The summed E-state index contributed by atoms with van der Waals surface area (Å²) >= 11 is 1.79. The van der Waals surface area contributed by atoms with Gasteiger partial charge in [0, 0.05) is 49.2 Å². The zero-order chi connectivity index (χ0) is 14.7. The molecule has 1 aromatic rings. The third kappa shape index (κ3) is 3.66. The highest BCUT2D eigenvalue weighted by molar-refractivity contribution is 7.09. The number of hydrogen-bond donors (Lipinski definition) is 1. The van der Waals surface area contributed by atoms with E-state index in [4.69, 9.17) is 0 Å². The highest BCUT2D eigenvalue weighted by Crippen LogP contribution is 2.33. The molecule has 1 unspecified atom stereocenters. The topological polar surface area (TPSA) is 28.2 Å². The Hall–Kier alpha value is -0.450. The predicted molar refractivity (Wildman–Crippen MR) is 89.8 cm³/mol.